The third-order valence-corrected chi connectivity index (χ3v) is 3.25. The molecular formula is C16H24N2O3. The fraction of sp³-hybridized carbons (Fsp3) is 0.500. The maximum absolute atomic E-state index is 12.3. The molecule has 0 radical (unpaired) electrons. The van der Waals surface area contributed by atoms with Crippen LogP contribution in [-0.4, -0.2) is 23.5 Å². The first-order chi connectivity index (χ1) is 9.64. The van der Waals surface area contributed by atoms with Crippen LogP contribution in [0.25, 0.3) is 0 Å². The molecule has 21 heavy (non-hydrogen) atoms. The van der Waals surface area contributed by atoms with Gasteiger partial charge in [0.15, 0.2) is 0 Å². The van der Waals surface area contributed by atoms with Gasteiger partial charge in [-0.3, -0.25) is 4.79 Å². The van der Waals surface area contributed by atoms with Gasteiger partial charge in [0.1, 0.15) is 0 Å². The van der Waals surface area contributed by atoms with Gasteiger partial charge in [-0.15, -0.1) is 0 Å². The molecule has 1 amide bonds. The van der Waals surface area contributed by atoms with Crippen molar-refractivity contribution in [3.63, 3.8) is 0 Å². The standard InChI is InChI=1S/C16H24N2O3/c1-10-7-11(15(20)21)5-6-13(10)18-14(19)12(9-17)8-16(2,3)4/h5-7,12H,8-9,17H2,1-4H3,(H,18,19)(H,20,21). The zero-order valence-electron chi connectivity index (χ0n) is 13.1. The summed E-state index contributed by atoms with van der Waals surface area (Å²) in [5.41, 5.74) is 7.26. The summed E-state index contributed by atoms with van der Waals surface area (Å²) in [5, 5.41) is 11.8. The van der Waals surface area contributed by atoms with Gasteiger partial charge >= 0.3 is 5.97 Å². The summed E-state index contributed by atoms with van der Waals surface area (Å²) in [6, 6.07) is 4.63. The molecule has 0 fully saturated rings. The van der Waals surface area contributed by atoms with E-state index in [-0.39, 0.29) is 29.3 Å². The minimum absolute atomic E-state index is 0.0174. The Morgan fingerprint density at radius 1 is 1.33 bits per heavy atom. The van der Waals surface area contributed by atoms with E-state index in [1.54, 1.807) is 19.1 Å². The van der Waals surface area contributed by atoms with Gasteiger partial charge < -0.3 is 16.2 Å². The lowest BCUT2D eigenvalue weighted by molar-refractivity contribution is -0.120. The Labute approximate surface area is 125 Å². The van der Waals surface area contributed by atoms with E-state index in [2.05, 4.69) is 26.1 Å². The SMILES string of the molecule is Cc1cc(C(=O)O)ccc1NC(=O)C(CN)CC(C)(C)C. The summed E-state index contributed by atoms with van der Waals surface area (Å²) < 4.78 is 0. The number of aromatic carboxylic acids is 1. The molecule has 0 spiro atoms. The third kappa shape index (κ3) is 5.19. The van der Waals surface area contributed by atoms with Crippen molar-refractivity contribution in [2.75, 3.05) is 11.9 Å². The van der Waals surface area contributed by atoms with E-state index in [0.29, 0.717) is 12.1 Å². The van der Waals surface area contributed by atoms with Crippen LogP contribution in [-0.2, 0) is 4.79 Å². The molecule has 0 saturated carbocycles. The maximum Gasteiger partial charge on any atom is 0.335 e. The Kier molecular flexibility index (Phi) is 5.49. The molecule has 0 aromatic heterocycles. The number of anilines is 1. The lowest BCUT2D eigenvalue weighted by Crippen LogP contribution is -2.32. The summed E-state index contributed by atoms with van der Waals surface area (Å²) in [6.07, 6.45) is 0.696. The minimum Gasteiger partial charge on any atom is -0.478 e. The molecule has 1 aromatic rings. The van der Waals surface area contributed by atoms with E-state index < -0.39 is 5.97 Å². The molecule has 1 aromatic carbocycles. The van der Waals surface area contributed by atoms with Gasteiger partial charge in [-0.25, -0.2) is 4.79 Å². The van der Waals surface area contributed by atoms with Gasteiger partial charge in [-0.05, 0) is 42.5 Å². The van der Waals surface area contributed by atoms with Gasteiger partial charge in [0.05, 0.1) is 11.5 Å². The highest BCUT2D eigenvalue weighted by Gasteiger charge is 2.24. The number of rotatable bonds is 5. The van der Waals surface area contributed by atoms with Gasteiger partial charge in [0.2, 0.25) is 5.91 Å². The number of hydrogen-bond donors (Lipinski definition) is 3. The third-order valence-electron chi connectivity index (χ3n) is 3.25. The second kappa shape index (κ2) is 6.72. The highest BCUT2D eigenvalue weighted by Crippen LogP contribution is 2.25. The van der Waals surface area contributed by atoms with Crippen LogP contribution in [0.5, 0.6) is 0 Å². The molecule has 5 nitrogen and oxygen atoms in total. The van der Waals surface area contributed by atoms with Gasteiger partial charge in [0, 0.05) is 12.2 Å². The lowest BCUT2D eigenvalue weighted by Gasteiger charge is -2.24. The Morgan fingerprint density at radius 2 is 1.95 bits per heavy atom. The molecular weight excluding hydrogens is 268 g/mol. The summed E-state index contributed by atoms with van der Waals surface area (Å²) >= 11 is 0. The first-order valence-corrected chi connectivity index (χ1v) is 6.99. The largest absolute Gasteiger partial charge is 0.478 e. The molecule has 0 saturated heterocycles. The zero-order valence-corrected chi connectivity index (χ0v) is 13.1. The van der Waals surface area contributed by atoms with E-state index >= 15 is 0 Å². The van der Waals surface area contributed by atoms with Crippen molar-refractivity contribution < 1.29 is 14.7 Å². The Balaban J connectivity index is 2.84. The van der Waals surface area contributed by atoms with Crippen molar-refractivity contribution in [3.05, 3.63) is 29.3 Å². The summed E-state index contributed by atoms with van der Waals surface area (Å²) in [5.74, 6) is -1.37. The number of carbonyl (C=O) groups excluding carboxylic acids is 1. The monoisotopic (exact) mass is 292 g/mol. The topological polar surface area (TPSA) is 92.4 Å². The van der Waals surface area contributed by atoms with Crippen LogP contribution < -0.4 is 11.1 Å². The van der Waals surface area contributed by atoms with Crippen molar-refractivity contribution in [3.8, 4) is 0 Å². The van der Waals surface area contributed by atoms with Crippen LogP contribution >= 0.6 is 0 Å². The molecule has 5 heteroatoms. The minimum atomic E-state index is -0.983. The van der Waals surface area contributed by atoms with Crippen LogP contribution in [0.15, 0.2) is 18.2 Å². The number of nitrogens with two attached hydrogens (primary N) is 1. The van der Waals surface area contributed by atoms with Crippen molar-refractivity contribution in [2.45, 2.75) is 34.1 Å². The lowest BCUT2D eigenvalue weighted by atomic mass is 9.84. The normalized spacial score (nSPS) is 12.8. The van der Waals surface area contributed by atoms with E-state index in [0.717, 1.165) is 5.56 Å². The second-order valence-electron chi connectivity index (χ2n) is 6.52. The number of aryl methyl sites for hydroxylation is 1. The quantitative estimate of drug-likeness (QED) is 0.778. The molecule has 1 rings (SSSR count). The van der Waals surface area contributed by atoms with Crippen LogP contribution in [0.4, 0.5) is 5.69 Å². The molecule has 1 unspecified atom stereocenters. The molecule has 1 atom stereocenters. The highest BCUT2D eigenvalue weighted by atomic mass is 16.4. The predicted molar refractivity (Wildman–Crippen MR) is 83.4 cm³/mol. The number of nitrogens with one attached hydrogen (secondary N) is 1. The summed E-state index contributed by atoms with van der Waals surface area (Å²) in [6.45, 7) is 8.25. The fourth-order valence-electron chi connectivity index (χ4n) is 2.19. The van der Waals surface area contributed by atoms with Crippen molar-refractivity contribution in [1.82, 2.24) is 0 Å². The van der Waals surface area contributed by atoms with Gasteiger partial charge in [-0.2, -0.15) is 0 Å². The van der Waals surface area contributed by atoms with Crippen molar-refractivity contribution in [2.24, 2.45) is 17.1 Å². The van der Waals surface area contributed by atoms with E-state index in [1.807, 2.05) is 0 Å². The average Bonchev–Trinajstić information content (AvgIpc) is 2.36. The molecule has 0 aliphatic carbocycles. The second-order valence-corrected chi connectivity index (χ2v) is 6.52. The Morgan fingerprint density at radius 3 is 2.38 bits per heavy atom. The van der Waals surface area contributed by atoms with Crippen molar-refractivity contribution >= 4 is 17.6 Å². The van der Waals surface area contributed by atoms with E-state index in [1.165, 1.54) is 6.07 Å². The number of carbonyl (C=O) groups is 2. The predicted octanol–water partition coefficient (Wildman–Crippen LogP) is 2.64. The molecule has 0 aliphatic rings. The molecule has 0 heterocycles. The van der Waals surface area contributed by atoms with Gasteiger partial charge in [0.25, 0.3) is 0 Å². The first kappa shape index (κ1) is 17.2. The number of hydrogen-bond acceptors (Lipinski definition) is 3. The smallest absolute Gasteiger partial charge is 0.335 e. The fourth-order valence-corrected chi connectivity index (χ4v) is 2.19. The van der Waals surface area contributed by atoms with Crippen LogP contribution in [0.1, 0.15) is 43.1 Å². The molecule has 0 aliphatic heterocycles. The highest BCUT2D eigenvalue weighted by molar-refractivity contribution is 5.94. The van der Waals surface area contributed by atoms with E-state index in [4.69, 9.17) is 10.8 Å². The van der Waals surface area contributed by atoms with Gasteiger partial charge in [-0.1, -0.05) is 20.8 Å². The first-order valence-electron chi connectivity index (χ1n) is 6.99. The van der Waals surface area contributed by atoms with Crippen LogP contribution in [0.2, 0.25) is 0 Å². The average molecular weight is 292 g/mol. The molecule has 116 valence electrons. The number of carboxylic acid groups (broad SMARTS) is 1. The Hall–Kier alpha value is -1.88. The number of carboxylic acids is 1. The molecule has 0 bridgehead atoms. The van der Waals surface area contributed by atoms with E-state index in [9.17, 15) is 9.59 Å². The number of benzene rings is 1. The van der Waals surface area contributed by atoms with Crippen LogP contribution in [0.3, 0.4) is 0 Å². The summed E-state index contributed by atoms with van der Waals surface area (Å²) in [4.78, 5) is 23.2. The summed E-state index contributed by atoms with van der Waals surface area (Å²) in [7, 11) is 0. The van der Waals surface area contributed by atoms with Crippen LogP contribution in [0, 0.1) is 18.3 Å². The number of amides is 1. The van der Waals surface area contributed by atoms with Crippen molar-refractivity contribution in [1.29, 1.82) is 0 Å². The zero-order chi connectivity index (χ0) is 16.2. The Bertz CT molecular complexity index is 533. The maximum atomic E-state index is 12.3. The molecule has 4 N–H and O–H groups in total.